The summed E-state index contributed by atoms with van der Waals surface area (Å²) >= 11 is 0. The molecule has 1 fully saturated rings. The zero-order valence-electron chi connectivity index (χ0n) is 15.4. The minimum atomic E-state index is -4.24. The Kier molecular flexibility index (Phi) is 6.65. The maximum atomic E-state index is 12.5. The summed E-state index contributed by atoms with van der Waals surface area (Å²) < 4.78 is 37.6. The summed E-state index contributed by atoms with van der Waals surface area (Å²) in [6.07, 6.45) is -3.20. The summed E-state index contributed by atoms with van der Waals surface area (Å²) in [5.74, 6) is -0.132. The lowest BCUT2D eigenvalue weighted by molar-refractivity contribution is -0.145. The zero-order valence-corrected chi connectivity index (χ0v) is 15.4. The number of pyridine rings is 1. The van der Waals surface area contributed by atoms with Gasteiger partial charge in [0.1, 0.15) is 11.6 Å². The number of carbonyl (C=O) groups excluding carboxylic acids is 1. The molecule has 0 unspecified atom stereocenters. The first kappa shape index (κ1) is 21.0. The van der Waals surface area contributed by atoms with Crippen LogP contribution in [-0.4, -0.2) is 59.6 Å². The van der Waals surface area contributed by atoms with Crippen LogP contribution in [0.5, 0.6) is 0 Å². The van der Waals surface area contributed by atoms with Gasteiger partial charge in [0, 0.05) is 38.3 Å². The Morgan fingerprint density at radius 3 is 2.56 bits per heavy atom. The number of aryl methyl sites for hydroxylation is 1. The molecule has 1 aromatic rings. The van der Waals surface area contributed by atoms with Crippen molar-refractivity contribution in [1.82, 2.24) is 14.8 Å². The van der Waals surface area contributed by atoms with Gasteiger partial charge in [-0.3, -0.25) is 14.5 Å². The summed E-state index contributed by atoms with van der Waals surface area (Å²) in [4.78, 5) is 29.8. The van der Waals surface area contributed by atoms with Gasteiger partial charge in [0.25, 0.3) is 5.56 Å². The largest absolute Gasteiger partial charge is 0.401 e. The minimum Gasteiger partial charge on any atom is -0.341 e. The van der Waals surface area contributed by atoms with Crippen LogP contribution in [-0.2, 0) is 11.2 Å². The van der Waals surface area contributed by atoms with E-state index in [1.165, 1.54) is 4.90 Å². The second-order valence-electron chi connectivity index (χ2n) is 6.80. The number of hydrogen-bond donors (Lipinski definition) is 1. The monoisotopic (exact) mass is 384 g/mol. The van der Waals surface area contributed by atoms with Gasteiger partial charge in [0.15, 0.2) is 0 Å². The number of nitriles is 1. The van der Waals surface area contributed by atoms with Crippen molar-refractivity contribution < 1.29 is 18.0 Å². The Labute approximate surface area is 155 Å². The average Bonchev–Trinajstić information content (AvgIpc) is 2.78. The fourth-order valence-electron chi connectivity index (χ4n) is 3.44. The standard InChI is InChI=1S/C18H23F3N4O2/c1-12-14(13(2)23-17(27)15(12)10-22)4-5-16(26)25-7-3-6-24(8-9-25)11-18(19,20)21/h3-9,11H2,1-2H3,(H,23,27). The fraction of sp³-hybridized carbons (Fsp3) is 0.611. The van der Waals surface area contributed by atoms with Gasteiger partial charge in [0.2, 0.25) is 5.91 Å². The van der Waals surface area contributed by atoms with Crippen LogP contribution in [0.1, 0.15) is 35.2 Å². The molecule has 6 nitrogen and oxygen atoms in total. The molecule has 0 saturated carbocycles. The molecule has 0 bridgehead atoms. The van der Waals surface area contributed by atoms with Crippen molar-refractivity contribution in [3.8, 4) is 6.07 Å². The molecule has 0 spiro atoms. The van der Waals surface area contributed by atoms with Crippen LogP contribution in [0.3, 0.4) is 0 Å². The molecule has 1 aliphatic rings. The van der Waals surface area contributed by atoms with Crippen LogP contribution >= 0.6 is 0 Å². The minimum absolute atomic E-state index is 0.0422. The van der Waals surface area contributed by atoms with Gasteiger partial charge in [0.05, 0.1) is 6.54 Å². The molecule has 1 saturated heterocycles. The van der Waals surface area contributed by atoms with E-state index < -0.39 is 18.3 Å². The molecule has 0 aliphatic carbocycles. The second kappa shape index (κ2) is 8.57. The smallest absolute Gasteiger partial charge is 0.341 e. The number of hydrogen-bond acceptors (Lipinski definition) is 4. The van der Waals surface area contributed by atoms with E-state index in [0.717, 1.165) is 5.56 Å². The average molecular weight is 384 g/mol. The van der Waals surface area contributed by atoms with Gasteiger partial charge in [-0.2, -0.15) is 18.4 Å². The highest BCUT2D eigenvalue weighted by molar-refractivity contribution is 5.76. The molecule has 0 aromatic carbocycles. The van der Waals surface area contributed by atoms with Crippen LogP contribution in [0.25, 0.3) is 0 Å². The van der Waals surface area contributed by atoms with Crippen molar-refractivity contribution in [2.75, 3.05) is 32.7 Å². The third-order valence-electron chi connectivity index (χ3n) is 4.85. The van der Waals surface area contributed by atoms with Crippen molar-refractivity contribution >= 4 is 5.91 Å². The van der Waals surface area contributed by atoms with Gasteiger partial charge < -0.3 is 9.88 Å². The predicted octanol–water partition coefficient (Wildman–Crippen LogP) is 1.89. The first-order valence-electron chi connectivity index (χ1n) is 8.81. The van der Waals surface area contributed by atoms with E-state index in [4.69, 9.17) is 5.26 Å². The predicted molar refractivity (Wildman–Crippen MR) is 93.3 cm³/mol. The van der Waals surface area contributed by atoms with Crippen LogP contribution in [0.4, 0.5) is 13.2 Å². The first-order chi connectivity index (χ1) is 12.6. The quantitative estimate of drug-likeness (QED) is 0.860. The molecule has 1 N–H and O–H groups in total. The zero-order chi connectivity index (χ0) is 20.2. The van der Waals surface area contributed by atoms with E-state index in [1.807, 2.05) is 6.07 Å². The highest BCUT2D eigenvalue weighted by Gasteiger charge is 2.31. The molecule has 2 heterocycles. The third-order valence-corrected chi connectivity index (χ3v) is 4.85. The molecular weight excluding hydrogens is 361 g/mol. The molecule has 0 atom stereocenters. The lowest BCUT2D eigenvalue weighted by Crippen LogP contribution is -2.38. The van der Waals surface area contributed by atoms with Gasteiger partial charge in [-0.05, 0) is 37.8 Å². The molecular formula is C18H23F3N4O2. The van der Waals surface area contributed by atoms with Crippen molar-refractivity contribution in [2.45, 2.75) is 39.3 Å². The van der Waals surface area contributed by atoms with Gasteiger partial charge in [-0.1, -0.05) is 0 Å². The normalized spacial score (nSPS) is 16.1. The van der Waals surface area contributed by atoms with E-state index in [0.29, 0.717) is 37.2 Å². The van der Waals surface area contributed by atoms with Crippen LogP contribution in [0.2, 0.25) is 0 Å². The lowest BCUT2D eigenvalue weighted by atomic mass is 9.99. The number of aromatic nitrogens is 1. The number of aromatic amines is 1. The van der Waals surface area contributed by atoms with Gasteiger partial charge in [-0.25, -0.2) is 0 Å². The molecule has 9 heteroatoms. The molecule has 0 radical (unpaired) electrons. The number of carbonyl (C=O) groups is 1. The van der Waals surface area contributed by atoms with Crippen molar-refractivity contribution in [3.05, 3.63) is 32.7 Å². The Morgan fingerprint density at radius 1 is 1.22 bits per heavy atom. The van der Waals surface area contributed by atoms with E-state index in [1.54, 1.807) is 18.7 Å². The van der Waals surface area contributed by atoms with Gasteiger partial charge in [-0.15, -0.1) is 0 Å². The van der Waals surface area contributed by atoms with Crippen molar-refractivity contribution in [3.63, 3.8) is 0 Å². The van der Waals surface area contributed by atoms with Crippen molar-refractivity contribution in [2.24, 2.45) is 0 Å². The van der Waals surface area contributed by atoms with E-state index >= 15 is 0 Å². The van der Waals surface area contributed by atoms with Crippen LogP contribution in [0.15, 0.2) is 4.79 Å². The molecule has 1 aromatic heterocycles. The summed E-state index contributed by atoms with van der Waals surface area (Å²) in [6.45, 7) is 3.65. The van der Waals surface area contributed by atoms with E-state index in [-0.39, 0.29) is 31.0 Å². The maximum absolute atomic E-state index is 12.5. The molecule has 2 rings (SSSR count). The highest BCUT2D eigenvalue weighted by atomic mass is 19.4. The highest BCUT2D eigenvalue weighted by Crippen LogP contribution is 2.19. The molecule has 1 amide bonds. The third kappa shape index (κ3) is 5.57. The van der Waals surface area contributed by atoms with Crippen LogP contribution in [0, 0.1) is 25.2 Å². The topological polar surface area (TPSA) is 80.2 Å². The number of nitrogens with one attached hydrogen (secondary N) is 1. The SMILES string of the molecule is Cc1[nH]c(=O)c(C#N)c(C)c1CCC(=O)N1CCCN(CC(F)(F)F)CC1. The summed E-state index contributed by atoms with van der Waals surface area (Å²) in [5, 5.41) is 9.10. The molecule has 27 heavy (non-hydrogen) atoms. The first-order valence-corrected chi connectivity index (χ1v) is 8.81. The van der Waals surface area contributed by atoms with E-state index in [2.05, 4.69) is 4.98 Å². The number of rotatable bonds is 4. The number of alkyl halides is 3. The van der Waals surface area contributed by atoms with Crippen LogP contribution < -0.4 is 5.56 Å². The summed E-state index contributed by atoms with van der Waals surface area (Å²) in [6, 6.07) is 1.88. The summed E-state index contributed by atoms with van der Waals surface area (Å²) in [7, 11) is 0. The number of amides is 1. The Hall–Kier alpha value is -2.34. The van der Waals surface area contributed by atoms with Crippen molar-refractivity contribution in [1.29, 1.82) is 5.26 Å². The molecule has 148 valence electrons. The fourth-order valence-corrected chi connectivity index (χ4v) is 3.44. The lowest BCUT2D eigenvalue weighted by Gasteiger charge is -2.23. The van der Waals surface area contributed by atoms with E-state index in [9.17, 15) is 22.8 Å². The van der Waals surface area contributed by atoms with Gasteiger partial charge >= 0.3 is 6.18 Å². The summed E-state index contributed by atoms with van der Waals surface area (Å²) in [5.41, 5.74) is 1.55. The Bertz CT molecular complexity index is 796. The Morgan fingerprint density at radius 2 is 1.93 bits per heavy atom. The maximum Gasteiger partial charge on any atom is 0.401 e. The second-order valence-corrected chi connectivity index (χ2v) is 6.80. The Balaban J connectivity index is 1.99. The number of halogens is 3. The molecule has 1 aliphatic heterocycles. The number of H-pyrrole nitrogens is 1. The number of nitrogens with zero attached hydrogens (tertiary/aromatic N) is 3.